The number of hydrogen-bond acceptors (Lipinski definition) is 6. The summed E-state index contributed by atoms with van der Waals surface area (Å²) in [6.07, 6.45) is 0. The summed E-state index contributed by atoms with van der Waals surface area (Å²) in [6, 6.07) is 18.7. The zero-order valence-electron chi connectivity index (χ0n) is 18.9. The normalized spacial score (nSPS) is 10.9. The fraction of sp³-hybridized carbons (Fsp3) is 0.160. The molecular weight excluding hydrogens is 452 g/mol. The van der Waals surface area contributed by atoms with Crippen molar-refractivity contribution in [3.8, 4) is 5.69 Å². The molecule has 0 saturated heterocycles. The van der Waals surface area contributed by atoms with E-state index in [1.54, 1.807) is 29.8 Å². The van der Waals surface area contributed by atoms with Crippen LogP contribution in [0.4, 0.5) is 11.4 Å². The summed E-state index contributed by atoms with van der Waals surface area (Å²) in [5.74, 6) is -0.197. The Labute approximate surface area is 200 Å². The lowest BCUT2D eigenvalue weighted by molar-refractivity contribution is -0.384. The molecule has 0 aliphatic carbocycles. The van der Waals surface area contributed by atoms with Crippen molar-refractivity contribution < 1.29 is 9.72 Å². The number of nitro groups is 1. The van der Waals surface area contributed by atoms with E-state index in [9.17, 15) is 19.7 Å². The molecular formula is C25H22N4O4S. The molecule has 34 heavy (non-hydrogen) atoms. The third-order valence-corrected chi connectivity index (χ3v) is 6.48. The number of anilines is 1. The number of aryl methyl sites for hydroxylation is 2. The summed E-state index contributed by atoms with van der Waals surface area (Å²) in [6.45, 7) is 3.87. The highest BCUT2D eigenvalue weighted by Gasteiger charge is 2.19. The van der Waals surface area contributed by atoms with E-state index in [1.165, 1.54) is 40.9 Å². The number of aromatic nitrogens is 2. The minimum Gasteiger partial charge on any atom is -0.315 e. The van der Waals surface area contributed by atoms with Gasteiger partial charge in [0.15, 0.2) is 5.16 Å². The fourth-order valence-electron chi connectivity index (χ4n) is 3.73. The number of carbonyl (C=O) groups excluding carboxylic acids is 1. The number of amides is 1. The van der Waals surface area contributed by atoms with Crippen molar-refractivity contribution in [3.05, 3.63) is 98.3 Å². The first kappa shape index (κ1) is 23.2. The molecule has 0 aliphatic rings. The molecule has 8 nitrogen and oxygen atoms in total. The Morgan fingerprint density at radius 1 is 1.03 bits per heavy atom. The summed E-state index contributed by atoms with van der Waals surface area (Å²) < 4.78 is 1.58. The van der Waals surface area contributed by atoms with E-state index in [0.29, 0.717) is 21.7 Å². The minimum atomic E-state index is -0.486. The zero-order valence-corrected chi connectivity index (χ0v) is 19.7. The number of carbonyl (C=O) groups is 1. The van der Waals surface area contributed by atoms with Crippen molar-refractivity contribution in [1.82, 2.24) is 9.55 Å². The second kappa shape index (κ2) is 9.48. The van der Waals surface area contributed by atoms with Crippen LogP contribution in [-0.4, -0.2) is 33.2 Å². The molecule has 9 heteroatoms. The molecule has 4 aromatic rings. The van der Waals surface area contributed by atoms with Crippen LogP contribution in [0.25, 0.3) is 16.6 Å². The van der Waals surface area contributed by atoms with E-state index in [2.05, 4.69) is 0 Å². The Kier molecular flexibility index (Phi) is 6.47. The maximum absolute atomic E-state index is 13.5. The number of para-hydroxylation sites is 2. The Morgan fingerprint density at radius 2 is 1.68 bits per heavy atom. The minimum absolute atomic E-state index is 0.0309. The van der Waals surface area contributed by atoms with E-state index in [4.69, 9.17) is 4.98 Å². The second-order valence-corrected chi connectivity index (χ2v) is 8.75. The lowest BCUT2D eigenvalue weighted by Gasteiger charge is -2.19. The maximum atomic E-state index is 13.5. The van der Waals surface area contributed by atoms with E-state index >= 15 is 0 Å². The van der Waals surface area contributed by atoms with Crippen molar-refractivity contribution >= 4 is 39.9 Å². The molecule has 0 atom stereocenters. The van der Waals surface area contributed by atoms with E-state index in [0.717, 1.165) is 16.8 Å². The van der Waals surface area contributed by atoms with Gasteiger partial charge in [-0.25, -0.2) is 4.98 Å². The SMILES string of the molecule is Cc1cccc(C)c1-n1c(SCC(=O)N(C)c2ccc([N+](=O)[O-])cc2)nc2ccccc2c1=O. The van der Waals surface area contributed by atoms with Crippen LogP contribution in [0, 0.1) is 24.0 Å². The van der Waals surface area contributed by atoms with Crippen LogP contribution in [-0.2, 0) is 4.79 Å². The van der Waals surface area contributed by atoms with Crippen LogP contribution < -0.4 is 10.5 Å². The fourth-order valence-corrected chi connectivity index (χ4v) is 4.64. The lowest BCUT2D eigenvalue weighted by Crippen LogP contribution is -2.29. The second-order valence-electron chi connectivity index (χ2n) is 7.81. The first-order chi connectivity index (χ1) is 16.3. The van der Waals surface area contributed by atoms with Crippen LogP contribution in [0.2, 0.25) is 0 Å². The summed E-state index contributed by atoms with van der Waals surface area (Å²) in [7, 11) is 1.61. The van der Waals surface area contributed by atoms with Crippen molar-refractivity contribution in [2.24, 2.45) is 0 Å². The molecule has 0 spiro atoms. The number of benzene rings is 3. The summed E-state index contributed by atoms with van der Waals surface area (Å²) in [5.41, 5.74) is 3.47. The molecule has 172 valence electrons. The Hall–Kier alpha value is -3.98. The van der Waals surface area contributed by atoms with Gasteiger partial charge < -0.3 is 4.90 Å². The molecule has 1 amide bonds. The highest BCUT2D eigenvalue weighted by molar-refractivity contribution is 7.99. The van der Waals surface area contributed by atoms with Crippen molar-refractivity contribution in [3.63, 3.8) is 0 Å². The third kappa shape index (κ3) is 4.42. The van der Waals surface area contributed by atoms with Gasteiger partial charge in [-0.15, -0.1) is 0 Å². The summed E-state index contributed by atoms with van der Waals surface area (Å²) in [4.78, 5) is 43.0. The molecule has 0 unspecified atom stereocenters. The van der Waals surface area contributed by atoms with Gasteiger partial charge in [0.25, 0.3) is 11.2 Å². The van der Waals surface area contributed by atoms with Crippen LogP contribution in [0.15, 0.2) is 76.7 Å². The first-order valence-corrected chi connectivity index (χ1v) is 11.5. The van der Waals surface area contributed by atoms with Crippen molar-refractivity contribution in [1.29, 1.82) is 0 Å². The highest BCUT2D eigenvalue weighted by atomic mass is 32.2. The van der Waals surface area contributed by atoms with Crippen LogP contribution in [0.3, 0.4) is 0 Å². The summed E-state index contributed by atoms with van der Waals surface area (Å²) >= 11 is 1.18. The standard InChI is InChI=1S/C25H22N4O4S/c1-16-7-6-8-17(2)23(16)28-24(31)20-9-4-5-10-21(20)26-25(28)34-15-22(30)27(3)18-11-13-19(14-12-18)29(32)33/h4-14H,15H2,1-3H3. The molecule has 0 bridgehead atoms. The number of fused-ring (bicyclic) bond motifs is 1. The number of hydrogen-bond donors (Lipinski definition) is 0. The molecule has 1 aromatic heterocycles. The van der Waals surface area contributed by atoms with Gasteiger partial charge in [-0.3, -0.25) is 24.3 Å². The molecule has 0 aliphatic heterocycles. The first-order valence-electron chi connectivity index (χ1n) is 10.5. The molecule has 0 radical (unpaired) electrons. The predicted molar refractivity (Wildman–Crippen MR) is 134 cm³/mol. The average Bonchev–Trinajstić information content (AvgIpc) is 2.83. The Morgan fingerprint density at radius 3 is 2.32 bits per heavy atom. The van der Waals surface area contributed by atoms with Crippen LogP contribution >= 0.6 is 11.8 Å². The molecule has 0 N–H and O–H groups in total. The number of rotatable bonds is 6. The van der Waals surface area contributed by atoms with Crippen molar-refractivity contribution in [2.75, 3.05) is 17.7 Å². The number of nitrogens with zero attached hydrogens (tertiary/aromatic N) is 4. The molecule has 4 rings (SSSR count). The van der Waals surface area contributed by atoms with Crippen LogP contribution in [0.1, 0.15) is 11.1 Å². The lowest BCUT2D eigenvalue weighted by atomic mass is 10.1. The van der Waals surface area contributed by atoms with Crippen molar-refractivity contribution in [2.45, 2.75) is 19.0 Å². The largest absolute Gasteiger partial charge is 0.315 e. The van der Waals surface area contributed by atoms with E-state index < -0.39 is 4.92 Å². The van der Waals surface area contributed by atoms with Gasteiger partial charge in [-0.2, -0.15) is 0 Å². The Balaban J connectivity index is 1.69. The number of thioether (sulfide) groups is 1. The molecule has 0 fully saturated rings. The quantitative estimate of drug-likeness (QED) is 0.174. The smallest absolute Gasteiger partial charge is 0.269 e. The monoisotopic (exact) mass is 474 g/mol. The third-order valence-electron chi connectivity index (χ3n) is 5.55. The molecule has 3 aromatic carbocycles. The topological polar surface area (TPSA) is 98.3 Å². The Bertz CT molecular complexity index is 1440. The van der Waals surface area contributed by atoms with Gasteiger partial charge in [0.05, 0.1) is 27.3 Å². The van der Waals surface area contributed by atoms with Gasteiger partial charge in [0.1, 0.15) is 0 Å². The van der Waals surface area contributed by atoms with E-state index in [-0.39, 0.29) is 22.9 Å². The number of nitro benzene ring substituents is 1. The molecule has 1 heterocycles. The van der Waals surface area contributed by atoms with Gasteiger partial charge in [0, 0.05) is 24.9 Å². The maximum Gasteiger partial charge on any atom is 0.269 e. The van der Waals surface area contributed by atoms with Gasteiger partial charge >= 0.3 is 0 Å². The zero-order chi connectivity index (χ0) is 24.4. The van der Waals surface area contributed by atoms with Gasteiger partial charge in [-0.1, -0.05) is 42.1 Å². The average molecular weight is 475 g/mol. The predicted octanol–water partition coefficient (Wildman–Crippen LogP) is 4.67. The van der Waals surface area contributed by atoms with E-state index in [1.807, 2.05) is 38.1 Å². The summed E-state index contributed by atoms with van der Waals surface area (Å²) in [5, 5.41) is 11.8. The van der Waals surface area contributed by atoms with Gasteiger partial charge in [-0.05, 0) is 49.2 Å². The van der Waals surface area contributed by atoms with Gasteiger partial charge in [0.2, 0.25) is 5.91 Å². The number of non-ortho nitro benzene ring substituents is 1. The highest BCUT2D eigenvalue weighted by Crippen LogP contribution is 2.26. The van der Waals surface area contributed by atoms with Crippen LogP contribution in [0.5, 0.6) is 0 Å². The molecule has 0 saturated carbocycles.